The van der Waals surface area contributed by atoms with Crippen LogP contribution in [0.3, 0.4) is 0 Å². The second-order valence-corrected chi connectivity index (χ2v) is 9.13. The molecule has 0 amide bonds. The van der Waals surface area contributed by atoms with E-state index in [2.05, 4.69) is 6.92 Å². The molecule has 0 heterocycles. The Balaban J connectivity index is 2.06. The molecule has 2 aliphatic rings. The van der Waals surface area contributed by atoms with Gasteiger partial charge in [-0.15, -0.1) is 0 Å². The number of Topliss-reactive ketones (excluding diaryl/α,β-unsaturated/α-hetero) is 1. The van der Waals surface area contributed by atoms with E-state index in [0.717, 1.165) is 44.9 Å². The molecule has 4 heteroatoms. The second kappa shape index (κ2) is 5.55. The minimum absolute atomic E-state index is 0.0171. The minimum Gasteiger partial charge on any atom is -0.299 e. The first-order valence-electron chi connectivity index (χ1n) is 7.56. The zero-order valence-electron chi connectivity index (χ0n) is 12.2. The van der Waals surface area contributed by atoms with Gasteiger partial charge in [-0.05, 0) is 32.1 Å². The van der Waals surface area contributed by atoms with E-state index in [1.165, 1.54) is 12.7 Å². The lowest BCUT2D eigenvalue weighted by atomic mass is 9.67. The summed E-state index contributed by atoms with van der Waals surface area (Å²) in [6.07, 6.45) is 9.89. The van der Waals surface area contributed by atoms with Crippen LogP contribution in [0.25, 0.3) is 0 Å². The van der Waals surface area contributed by atoms with Crippen molar-refractivity contribution in [1.29, 1.82) is 0 Å². The Bertz CT molecular complexity index is 432. The monoisotopic (exact) mass is 286 g/mol. The second-order valence-electron chi connectivity index (χ2n) is 6.80. The van der Waals surface area contributed by atoms with Gasteiger partial charge in [-0.2, -0.15) is 0 Å². The van der Waals surface area contributed by atoms with Crippen LogP contribution in [0, 0.1) is 11.3 Å². The Morgan fingerprint density at radius 3 is 2.26 bits per heavy atom. The van der Waals surface area contributed by atoms with Gasteiger partial charge in [0.25, 0.3) is 0 Å². The van der Waals surface area contributed by atoms with Gasteiger partial charge in [-0.25, -0.2) is 8.42 Å². The smallest absolute Gasteiger partial charge is 0.150 e. The van der Waals surface area contributed by atoms with Crippen molar-refractivity contribution in [3.8, 4) is 0 Å². The molecule has 2 unspecified atom stereocenters. The summed E-state index contributed by atoms with van der Waals surface area (Å²) < 4.78 is 23.4. The van der Waals surface area contributed by atoms with Crippen LogP contribution in [0.4, 0.5) is 0 Å². The first-order chi connectivity index (χ1) is 8.83. The normalized spacial score (nSPS) is 31.9. The van der Waals surface area contributed by atoms with Crippen molar-refractivity contribution in [1.82, 2.24) is 0 Å². The average molecular weight is 286 g/mol. The summed E-state index contributed by atoms with van der Waals surface area (Å²) in [6, 6.07) is 0. The molecule has 0 N–H and O–H groups in total. The van der Waals surface area contributed by atoms with E-state index in [4.69, 9.17) is 0 Å². The maximum absolute atomic E-state index is 12.8. The molecule has 0 aromatic carbocycles. The summed E-state index contributed by atoms with van der Waals surface area (Å²) in [6.45, 7) is 2.10. The number of carbonyl (C=O) groups is 1. The molecule has 2 aliphatic carbocycles. The van der Waals surface area contributed by atoms with Crippen LogP contribution in [0.1, 0.15) is 64.7 Å². The predicted molar refractivity (Wildman–Crippen MR) is 76.8 cm³/mol. The molecule has 2 rings (SSSR count). The van der Waals surface area contributed by atoms with Gasteiger partial charge in [-0.3, -0.25) is 4.79 Å². The number of hydrogen-bond donors (Lipinski definition) is 0. The maximum Gasteiger partial charge on any atom is 0.150 e. The molecule has 0 spiro atoms. The fourth-order valence-corrected chi connectivity index (χ4v) is 5.02. The molecule has 0 saturated heterocycles. The fraction of sp³-hybridized carbons (Fsp3) is 0.933. The van der Waals surface area contributed by atoms with E-state index < -0.39 is 9.84 Å². The van der Waals surface area contributed by atoms with Crippen LogP contribution >= 0.6 is 0 Å². The maximum atomic E-state index is 12.8. The summed E-state index contributed by atoms with van der Waals surface area (Å²) in [5.41, 5.74) is -0.178. The predicted octanol–water partition coefficient (Wildman–Crippen LogP) is 3.13. The Labute approximate surface area is 117 Å². The average Bonchev–Trinajstić information content (AvgIpc) is 2.38. The van der Waals surface area contributed by atoms with Gasteiger partial charge in [0, 0.05) is 17.6 Å². The zero-order chi connectivity index (χ0) is 14.1. The third-order valence-electron chi connectivity index (χ3n) is 5.15. The molecule has 0 bridgehead atoms. The summed E-state index contributed by atoms with van der Waals surface area (Å²) in [5, 5.41) is -0.289. The van der Waals surface area contributed by atoms with E-state index in [9.17, 15) is 13.2 Å². The van der Waals surface area contributed by atoms with E-state index in [1.54, 1.807) is 0 Å². The highest BCUT2D eigenvalue weighted by molar-refractivity contribution is 7.91. The molecule has 2 atom stereocenters. The van der Waals surface area contributed by atoms with Crippen LogP contribution in [0.2, 0.25) is 0 Å². The van der Waals surface area contributed by atoms with Gasteiger partial charge < -0.3 is 0 Å². The van der Waals surface area contributed by atoms with Crippen molar-refractivity contribution in [2.24, 2.45) is 11.3 Å². The SMILES string of the molecule is CC1(C(=O)C2CCCC(S(C)(=O)=O)C2)CCCCC1. The summed E-state index contributed by atoms with van der Waals surface area (Å²) in [5.74, 6) is 0.331. The third kappa shape index (κ3) is 3.39. The van der Waals surface area contributed by atoms with Crippen molar-refractivity contribution in [3.05, 3.63) is 0 Å². The van der Waals surface area contributed by atoms with Gasteiger partial charge in [-0.1, -0.05) is 32.6 Å². The molecule has 0 aliphatic heterocycles. The number of hydrogen-bond acceptors (Lipinski definition) is 3. The molecular formula is C15H26O3S. The number of rotatable bonds is 3. The Hall–Kier alpha value is -0.380. The lowest BCUT2D eigenvalue weighted by Crippen LogP contribution is -2.39. The van der Waals surface area contributed by atoms with Crippen LogP contribution in [0.15, 0.2) is 0 Å². The van der Waals surface area contributed by atoms with E-state index in [0.29, 0.717) is 12.2 Å². The zero-order valence-corrected chi connectivity index (χ0v) is 13.0. The molecule has 0 aromatic rings. The lowest BCUT2D eigenvalue weighted by Gasteiger charge is -2.37. The van der Waals surface area contributed by atoms with Crippen molar-refractivity contribution in [2.75, 3.05) is 6.26 Å². The molecular weight excluding hydrogens is 260 g/mol. The minimum atomic E-state index is -3.00. The highest BCUT2D eigenvalue weighted by Gasteiger charge is 2.41. The van der Waals surface area contributed by atoms with Crippen LogP contribution in [-0.4, -0.2) is 25.7 Å². The van der Waals surface area contributed by atoms with E-state index in [-0.39, 0.29) is 16.6 Å². The lowest BCUT2D eigenvalue weighted by molar-refractivity contribution is -0.134. The Kier molecular flexibility index (Phi) is 4.38. The molecule has 2 fully saturated rings. The fourth-order valence-electron chi connectivity index (χ4n) is 3.84. The van der Waals surface area contributed by atoms with Gasteiger partial charge in [0.05, 0.1) is 5.25 Å². The van der Waals surface area contributed by atoms with Crippen LogP contribution in [-0.2, 0) is 14.6 Å². The van der Waals surface area contributed by atoms with Crippen LogP contribution < -0.4 is 0 Å². The third-order valence-corrected chi connectivity index (χ3v) is 6.79. The van der Waals surface area contributed by atoms with Gasteiger partial charge >= 0.3 is 0 Å². The van der Waals surface area contributed by atoms with E-state index >= 15 is 0 Å². The van der Waals surface area contributed by atoms with E-state index in [1.807, 2.05) is 0 Å². The standard InChI is InChI=1S/C15H26O3S/c1-15(9-4-3-5-10-15)14(16)12-7-6-8-13(11-12)19(2,17)18/h12-13H,3-11H2,1-2H3. The number of ketones is 1. The molecule has 0 radical (unpaired) electrons. The molecule has 2 saturated carbocycles. The number of sulfone groups is 1. The summed E-state index contributed by atoms with van der Waals surface area (Å²) >= 11 is 0. The van der Waals surface area contributed by atoms with Gasteiger partial charge in [0.15, 0.2) is 0 Å². The summed E-state index contributed by atoms with van der Waals surface area (Å²) in [4.78, 5) is 12.8. The van der Waals surface area contributed by atoms with Crippen LogP contribution in [0.5, 0.6) is 0 Å². The van der Waals surface area contributed by atoms with Crippen molar-refractivity contribution in [3.63, 3.8) is 0 Å². The molecule has 110 valence electrons. The Morgan fingerprint density at radius 1 is 1.05 bits per heavy atom. The highest BCUT2D eigenvalue weighted by atomic mass is 32.2. The topological polar surface area (TPSA) is 51.2 Å². The molecule has 3 nitrogen and oxygen atoms in total. The van der Waals surface area contributed by atoms with Gasteiger partial charge in [0.1, 0.15) is 15.6 Å². The quantitative estimate of drug-likeness (QED) is 0.801. The van der Waals surface area contributed by atoms with Crippen molar-refractivity contribution >= 4 is 15.6 Å². The first kappa shape index (κ1) is 15.0. The highest BCUT2D eigenvalue weighted by Crippen LogP contribution is 2.42. The molecule has 0 aromatic heterocycles. The van der Waals surface area contributed by atoms with Crippen molar-refractivity contribution < 1.29 is 13.2 Å². The number of carbonyl (C=O) groups excluding carboxylic acids is 1. The first-order valence-corrected chi connectivity index (χ1v) is 9.51. The summed E-state index contributed by atoms with van der Waals surface area (Å²) in [7, 11) is -3.00. The van der Waals surface area contributed by atoms with Crippen molar-refractivity contribution in [2.45, 2.75) is 70.0 Å². The van der Waals surface area contributed by atoms with Gasteiger partial charge in [0.2, 0.25) is 0 Å². The Morgan fingerprint density at radius 2 is 1.68 bits per heavy atom. The molecule has 19 heavy (non-hydrogen) atoms. The largest absolute Gasteiger partial charge is 0.299 e.